The second-order valence-electron chi connectivity index (χ2n) is 5.59. The summed E-state index contributed by atoms with van der Waals surface area (Å²) in [6.45, 7) is 3.78. The van der Waals surface area contributed by atoms with Crippen molar-refractivity contribution in [3.05, 3.63) is 40.6 Å². The van der Waals surface area contributed by atoms with E-state index in [0.717, 1.165) is 16.7 Å². The zero-order valence-electron chi connectivity index (χ0n) is 12.7. The molecule has 7 heteroatoms. The Morgan fingerprint density at radius 1 is 1.39 bits per heavy atom. The summed E-state index contributed by atoms with van der Waals surface area (Å²) in [6.07, 6.45) is 1.92. The van der Waals surface area contributed by atoms with Gasteiger partial charge in [0.15, 0.2) is 0 Å². The summed E-state index contributed by atoms with van der Waals surface area (Å²) in [7, 11) is 0. The summed E-state index contributed by atoms with van der Waals surface area (Å²) in [6, 6.07) is 4.72. The lowest BCUT2D eigenvalue weighted by Crippen LogP contribution is -2.44. The molecule has 1 aromatic carbocycles. The number of thiocarbonyl (C=S) groups is 1. The number of amides is 1. The number of thioether (sulfide) groups is 1. The third-order valence-electron chi connectivity index (χ3n) is 3.28. The molecule has 1 aliphatic heterocycles. The Bertz CT molecular complexity index is 670. The van der Waals surface area contributed by atoms with Gasteiger partial charge in [0, 0.05) is 0 Å². The fraction of sp³-hybridized carbons (Fsp3) is 0.312. The molecule has 0 saturated carbocycles. The van der Waals surface area contributed by atoms with Gasteiger partial charge in [-0.05, 0) is 36.1 Å². The topological polar surface area (TPSA) is 57.6 Å². The van der Waals surface area contributed by atoms with Crippen molar-refractivity contribution in [2.24, 2.45) is 5.92 Å². The first-order valence-electron chi connectivity index (χ1n) is 7.05. The van der Waals surface area contributed by atoms with Crippen molar-refractivity contribution in [1.29, 1.82) is 0 Å². The maximum absolute atomic E-state index is 12.9. The molecule has 1 N–H and O–H groups in total. The molecular formula is C16H16FNO3S2. The predicted molar refractivity (Wildman–Crippen MR) is 92.3 cm³/mol. The van der Waals surface area contributed by atoms with E-state index in [4.69, 9.17) is 12.2 Å². The van der Waals surface area contributed by atoms with Crippen LogP contribution in [0.15, 0.2) is 29.2 Å². The van der Waals surface area contributed by atoms with Gasteiger partial charge in [0.05, 0.1) is 4.91 Å². The van der Waals surface area contributed by atoms with Crippen molar-refractivity contribution in [2.45, 2.75) is 26.3 Å². The van der Waals surface area contributed by atoms with Gasteiger partial charge in [-0.3, -0.25) is 9.69 Å². The van der Waals surface area contributed by atoms with Gasteiger partial charge in [-0.2, -0.15) is 0 Å². The fourth-order valence-electron chi connectivity index (χ4n) is 2.22. The molecule has 0 aromatic heterocycles. The van der Waals surface area contributed by atoms with Gasteiger partial charge in [-0.1, -0.05) is 50.0 Å². The molecule has 1 saturated heterocycles. The van der Waals surface area contributed by atoms with Crippen LogP contribution in [-0.4, -0.2) is 32.2 Å². The molecule has 2 rings (SSSR count). The highest BCUT2D eigenvalue weighted by Crippen LogP contribution is 2.35. The lowest BCUT2D eigenvalue weighted by atomic mass is 10.0. The van der Waals surface area contributed by atoms with Gasteiger partial charge in [-0.15, -0.1) is 0 Å². The van der Waals surface area contributed by atoms with Crippen molar-refractivity contribution in [2.75, 3.05) is 0 Å². The zero-order chi connectivity index (χ0) is 17.1. The van der Waals surface area contributed by atoms with E-state index in [1.165, 1.54) is 12.1 Å². The monoisotopic (exact) mass is 353 g/mol. The average molecular weight is 353 g/mol. The molecule has 1 aromatic rings. The van der Waals surface area contributed by atoms with Gasteiger partial charge in [0.2, 0.25) is 0 Å². The Morgan fingerprint density at radius 2 is 2.00 bits per heavy atom. The smallest absolute Gasteiger partial charge is 0.326 e. The van der Waals surface area contributed by atoms with Crippen LogP contribution in [0.3, 0.4) is 0 Å². The predicted octanol–water partition coefficient (Wildman–Crippen LogP) is 3.53. The second kappa shape index (κ2) is 7.23. The van der Waals surface area contributed by atoms with Crippen molar-refractivity contribution in [1.82, 2.24) is 4.90 Å². The van der Waals surface area contributed by atoms with Crippen molar-refractivity contribution in [3.8, 4) is 0 Å². The first-order chi connectivity index (χ1) is 10.8. The highest BCUT2D eigenvalue weighted by molar-refractivity contribution is 8.26. The Morgan fingerprint density at radius 3 is 2.52 bits per heavy atom. The van der Waals surface area contributed by atoms with Gasteiger partial charge in [0.1, 0.15) is 16.2 Å². The number of rotatable bonds is 5. The minimum absolute atomic E-state index is 0.113. The number of halogens is 1. The van der Waals surface area contributed by atoms with E-state index >= 15 is 0 Å². The SMILES string of the molecule is CC(C)C[C@@H](C(=O)O)N1C(=O)/C(=C/c2ccc(F)cc2)SC1=S. The molecule has 0 spiro atoms. The summed E-state index contributed by atoms with van der Waals surface area (Å²) in [5.74, 6) is -1.74. The largest absolute Gasteiger partial charge is 0.480 e. The summed E-state index contributed by atoms with van der Waals surface area (Å²) in [5, 5.41) is 9.40. The highest BCUT2D eigenvalue weighted by atomic mass is 32.2. The second-order valence-corrected chi connectivity index (χ2v) is 7.26. The highest BCUT2D eigenvalue weighted by Gasteiger charge is 2.40. The number of carboxylic acid groups (broad SMARTS) is 1. The zero-order valence-corrected chi connectivity index (χ0v) is 14.3. The molecule has 4 nitrogen and oxygen atoms in total. The van der Waals surface area contributed by atoms with Crippen molar-refractivity contribution in [3.63, 3.8) is 0 Å². The summed E-state index contributed by atoms with van der Waals surface area (Å²) >= 11 is 6.25. The molecule has 0 radical (unpaired) electrons. The Hall–Kier alpha value is -1.73. The van der Waals surface area contributed by atoms with Crippen LogP contribution >= 0.6 is 24.0 Å². The molecule has 23 heavy (non-hydrogen) atoms. The molecule has 0 aliphatic carbocycles. The minimum Gasteiger partial charge on any atom is -0.480 e. The Kier molecular flexibility index (Phi) is 5.54. The van der Waals surface area contributed by atoms with Crippen LogP contribution in [0.4, 0.5) is 4.39 Å². The fourth-order valence-corrected chi connectivity index (χ4v) is 3.58. The molecule has 1 heterocycles. The summed E-state index contributed by atoms with van der Waals surface area (Å²) in [4.78, 5) is 25.5. The maximum Gasteiger partial charge on any atom is 0.326 e. The molecule has 0 unspecified atom stereocenters. The third-order valence-corrected chi connectivity index (χ3v) is 4.61. The van der Waals surface area contributed by atoms with Gasteiger partial charge >= 0.3 is 5.97 Å². The van der Waals surface area contributed by atoms with E-state index in [1.807, 2.05) is 13.8 Å². The van der Waals surface area contributed by atoms with Crippen LogP contribution in [0, 0.1) is 11.7 Å². The lowest BCUT2D eigenvalue weighted by molar-refractivity contribution is -0.145. The maximum atomic E-state index is 12.9. The number of hydrogen-bond acceptors (Lipinski definition) is 4. The van der Waals surface area contributed by atoms with Crippen LogP contribution in [0.5, 0.6) is 0 Å². The van der Waals surface area contributed by atoms with E-state index in [0.29, 0.717) is 16.9 Å². The molecule has 1 amide bonds. The van der Waals surface area contributed by atoms with Crippen LogP contribution in [0.1, 0.15) is 25.8 Å². The van der Waals surface area contributed by atoms with Gasteiger partial charge in [-0.25, -0.2) is 9.18 Å². The van der Waals surface area contributed by atoms with Crippen LogP contribution < -0.4 is 0 Å². The number of carbonyl (C=O) groups is 2. The van der Waals surface area contributed by atoms with Crippen LogP contribution in [0.2, 0.25) is 0 Å². The van der Waals surface area contributed by atoms with Crippen molar-refractivity contribution < 1.29 is 19.1 Å². The van der Waals surface area contributed by atoms with E-state index < -0.39 is 17.9 Å². The van der Waals surface area contributed by atoms with Crippen LogP contribution in [0.25, 0.3) is 6.08 Å². The van der Waals surface area contributed by atoms with E-state index in [1.54, 1.807) is 18.2 Å². The Labute approximate surface area is 143 Å². The molecule has 1 aliphatic rings. The number of carbonyl (C=O) groups excluding carboxylic acids is 1. The number of hydrogen-bond donors (Lipinski definition) is 1. The van der Waals surface area contributed by atoms with E-state index in [2.05, 4.69) is 0 Å². The molecule has 0 bridgehead atoms. The number of benzene rings is 1. The van der Waals surface area contributed by atoms with Crippen molar-refractivity contribution >= 4 is 46.3 Å². The average Bonchev–Trinajstić information content (AvgIpc) is 2.73. The van der Waals surface area contributed by atoms with E-state index in [9.17, 15) is 19.1 Å². The number of nitrogens with zero attached hydrogens (tertiary/aromatic N) is 1. The molecule has 1 fully saturated rings. The Balaban J connectivity index is 2.28. The quantitative estimate of drug-likeness (QED) is 0.648. The molecule has 122 valence electrons. The number of aliphatic carboxylic acids is 1. The molecular weight excluding hydrogens is 337 g/mol. The summed E-state index contributed by atoms with van der Waals surface area (Å²) < 4.78 is 13.2. The normalized spacial score (nSPS) is 18.1. The van der Waals surface area contributed by atoms with Gasteiger partial charge < -0.3 is 5.11 Å². The minimum atomic E-state index is -1.07. The molecule has 1 atom stereocenters. The third kappa shape index (κ3) is 4.17. The number of carboxylic acids is 1. The first-order valence-corrected chi connectivity index (χ1v) is 8.27. The first kappa shape index (κ1) is 17.6. The van der Waals surface area contributed by atoms with Gasteiger partial charge in [0.25, 0.3) is 5.91 Å². The van der Waals surface area contributed by atoms with E-state index in [-0.39, 0.29) is 16.1 Å². The summed E-state index contributed by atoms with van der Waals surface area (Å²) in [5.41, 5.74) is 0.655. The van der Waals surface area contributed by atoms with Crippen LogP contribution in [-0.2, 0) is 9.59 Å². The standard InChI is InChI=1S/C16H16FNO3S2/c1-9(2)7-12(15(20)21)18-14(19)13(23-16(18)22)8-10-3-5-11(17)6-4-10/h3-6,8-9,12H,7H2,1-2H3,(H,20,21)/b13-8-/t12-/m0/s1. The lowest BCUT2D eigenvalue weighted by Gasteiger charge is -2.24.